The summed E-state index contributed by atoms with van der Waals surface area (Å²) in [6, 6.07) is 0. The number of carbonyl (C=O) groups is 1. The number of ether oxygens (including phenoxy) is 1. The molecule has 0 aliphatic carbocycles. The molecule has 0 rings (SSSR count). The molecular formula is C9H14O3. The molecule has 0 aromatic heterocycles. The summed E-state index contributed by atoms with van der Waals surface area (Å²) in [5.74, 6) is 1.69. The van der Waals surface area contributed by atoms with Gasteiger partial charge in [0.05, 0.1) is 5.41 Å². The van der Waals surface area contributed by atoms with Crippen LogP contribution in [0.2, 0.25) is 0 Å². The van der Waals surface area contributed by atoms with Gasteiger partial charge in [-0.3, -0.25) is 4.79 Å². The average molecular weight is 170 g/mol. The molecule has 0 radical (unpaired) electrons. The maximum atomic E-state index is 11.1. The van der Waals surface area contributed by atoms with Crippen molar-refractivity contribution in [1.29, 1.82) is 0 Å². The predicted molar refractivity (Wildman–Crippen MR) is 45.3 cm³/mol. The van der Waals surface area contributed by atoms with Crippen LogP contribution < -0.4 is 0 Å². The van der Waals surface area contributed by atoms with E-state index < -0.39 is 11.5 Å². The molecule has 3 nitrogen and oxygen atoms in total. The molecule has 1 unspecified atom stereocenters. The second-order valence-corrected chi connectivity index (χ2v) is 3.53. The van der Waals surface area contributed by atoms with Crippen molar-refractivity contribution in [3.63, 3.8) is 0 Å². The van der Waals surface area contributed by atoms with Crippen molar-refractivity contribution < 1.29 is 14.6 Å². The normalized spacial score (nSPS) is 13.2. The van der Waals surface area contributed by atoms with E-state index >= 15 is 0 Å². The zero-order valence-electron chi connectivity index (χ0n) is 7.63. The molecule has 0 aliphatic heterocycles. The second-order valence-electron chi connectivity index (χ2n) is 3.53. The first-order chi connectivity index (χ1) is 5.38. The molecule has 0 spiro atoms. The first-order valence-corrected chi connectivity index (χ1v) is 3.69. The maximum absolute atomic E-state index is 11.1. The van der Waals surface area contributed by atoms with Gasteiger partial charge in [-0.05, 0) is 20.8 Å². The minimum atomic E-state index is -1.00. The van der Waals surface area contributed by atoms with Crippen molar-refractivity contribution in [3.8, 4) is 12.3 Å². The van der Waals surface area contributed by atoms with Crippen LogP contribution in [-0.4, -0.2) is 23.8 Å². The summed E-state index contributed by atoms with van der Waals surface area (Å²) in [4.78, 5) is 11.1. The number of aliphatic hydroxyl groups excluding tert-OH is 1. The fourth-order valence-corrected chi connectivity index (χ4v) is 0.419. The van der Waals surface area contributed by atoms with E-state index in [1.807, 2.05) is 0 Å². The molecular weight excluding hydrogens is 156 g/mol. The summed E-state index contributed by atoms with van der Waals surface area (Å²) in [7, 11) is 0. The second kappa shape index (κ2) is 4.13. The quantitative estimate of drug-likeness (QED) is 0.487. The zero-order chi connectivity index (χ0) is 9.78. The summed E-state index contributed by atoms with van der Waals surface area (Å²) in [6.07, 6.45) is 3.87. The van der Waals surface area contributed by atoms with Crippen molar-refractivity contribution in [2.45, 2.75) is 26.9 Å². The van der Waals surface area contributed by atoms with E-state index in [1.165, 1.54) is 0 Å². The smallest absolute Gasteiger partial charge is 0.311 e. The Morgan fingerprint density at radius 2 is 2.17 bits per heavy atom. The minimum Gasteiger partial charge on any atom is -0.461 e. The van der Waals surface area contributed by atoms with E-state index in [1.54, 1.807) is 20.8 Å². The molecule has 0 bridgehead atoms. The average Bonchev–Trinajstić information content (AvgIpc) is 1.97. The van der Waals surface area contributed by atoms with E-state index in [2.05, 4.69) is 5.92 Å². The van der Waals surface area contributed by atoms with Crippen LogP contribution in [-0.2, 0) is 9.53 Å². The lowest BCUT2D eigenvalue weighted by molar-refractivity contribution is -0.154. The van der Waals surface area contributed by atoms with Gasteiger partial charge in [0.25, 0.3) is 0 Å². The molecule has 0 aromatic carbocycles. The van der Waals surface area contributed by atoms with Gasteiger partial charge in [-0.2, -0.15) is 0 Å². The molecule has 1 atom stereocenters. The fraction of sp³-hybridized carbons (Fsp3) is 0.667. The van der Waals surface area contributed by atoms with Crippen LogP contribution >= 0.6 is 0 Å². The SMILES string of the molecule is C#CC(O)COC(=O)C(C)(C)C. The summed E-state index contributed by atoms with van der Waals surface area (Å²) in [6.45, 7) is 5.07. The molecule has 0 aliphatic rings. The molecule has 12 heavy (non-hydrogen) atoms. The number of aliphatic hydroxyl groups is 1. The lowest BCUT2D eigenvalue weighted by atomic mass is 9.97. The lowest BCUT2D eigenvalue weighted by Gasteiger charge is -2.16. The Balaban J connectivity index is 3.82. The van der Waals surface area contributed by atoms with E-state index in [0.29, 0.717) is 0 Å². The lowest BCUT2D eigenvalue weighted by Crippen LogP contribution is -2.26. The van der Waals surface area contributed by atoms with Gasteiger partial charge in [0, 0.05) is 0 Å². The highest BCUT2D eigenvalue weighted by Crippen LogP contribution is 2.14. The number of carbonyl (C=O) groups excluding carboxylic acids is 1. The van der Waals surface area contributed by atoms with Crippen molar-refractivity contribution in [2.75, 3.05) is 6.61 Å². The van der Waals surface area contributed by atoms with Gasteiger partial charge in [0.2, 0.25) is 0 Å². The summed E-state index contributed by atoms with van der Waals surface area (Å²) in [5, 5.41) is 8.86. The maximum Gasteiger partial charge on any atom is 0.311 e. The van der Waals surface area contributed by atoms with E-state index in [-0.39, 0.29) is 12.6 Å². The van der Waals surface area contributed by atoms with Gasteiger partial charge in [-0.25, -0.2) is 0 Å². The third-order valence-electron chi connectivity index (χ3n) is 1.18. The highest BCUT2D eigenvalue weighted by molar-refractivity contribution is 5.75. The number of hydrogen-bond donors (Lipinski definition) is 1. The largest absolute Gasteiger partial charge is 0.461 e. The first-order valence-electron chi connectivity index (χ1n) is 3.69. The van der Waals surface area contributed by atoms with Crippen molar-refractivity contribution in [1.82, 2.24) is 0 Å². The molecule has 0 saturated heterocycles. The number of hydrogen-bond acceptors (Lipinski definition) is 3. The van der Waals surface area contributed by atoms with Crippen molar-refractivity contribution in [2.24, 2.45) is 5.41 Å². The molecule has 68 valence electrons. The number of esters is 1. The molecule has 0 fully saturated rings. The van der Waals surface area contributed by atoms with Crippen LogP contribution in [0.4, 0.5) is 0 Å². The number of terminal acetylenes is 1. The van der Waals surface area contributed by atoms with Crippen LogP contribution in [0.1, 0.15) is 20.8 Å². The number of rotatable bonds is 2. The third kappa shape index (κ3) is 3.99. The van der Waals surface area contributed by atoms with Crippen LogP contribution in [0, 0.1) is 17.8 Å². The third-order valence-corrected chi connectivity index (χ3v) is 1.18. The van der Waals surface area contributed by atoms with Crippen molar-refractivity contribution in [3.05, 3.63) is 0 Å². The topological polar surface area (TPSA) is 46.5 Å². The van der Waals surface area contributed by atoms with Gasteiger partial charge in [-0.15, -0.1) is 6.42 Å². The van der Waals surface area contributed by atoms with Crippen LogP contribution in [0.3, 0.4) is 0 Å². The molecule has 1 N–H and O–H groups in total. The highest BCUT2D eigenvalue weighted by Gasteiger charge is 2.23. The summed E-state index contributed by atoms with van der Waals surface area (Å²) in [5.41, 5.74) is -0.547. The van der Waals surface area contributed by atoms with E-state index in [9.17, 15) is 4.79 Å². The molecule has 0 aromatic rings. The Hall–Kier alpha value is -1.01. The Morgan fingerprint density at radius 3 is 2.50 bits per heavy atom. The van der Waals surface area contributed by atoms with Gasteiger partial charge in [0.1, 0.15) is 12.7 Å². The fourth-order valence-electron chi connectivity index (χ4n) is 0.419. The molecule has 0 saturated carbocycles. The monoisotopic (exact) mass is 170 g/mol. The predicted octanol–water partition coefficient (Wildman–Crippen LogP) is 0.570. The molecule has 0 heterocycles. The van der Waals surface area contributed by atoms with Crippen LogP contribution in [0.5, 0.6) is 0 Å². The van der Waals surface area contributed by atoms with E-state index in [4.69, 9.17) is 16.3 Å². The standard InChI is InChI=1S/C9H14O3/c1-5-7(10)6-12-8(11)9(2,3)4/h1,7,10H,6H2,2-4H3. The molecule has 3 heteroatoms. The summed E-state index contributed by atoms with van der Waals surface area (Å²) >= 11 is 0. The first kappa shape index (κ1) is 11.0. The Bertz CT molecular complexity index is 195. The Kier molecular flexibility index (Phi) is 3.78. The van der Waals surface area contributed by atoms with Gasteiger partial charge < -0.3 is 9.84 Å². The van der Waals surface area contributed by atoms with Crippen LogP contribution in [0.25, 0.3) is 0 Å². The summed E-state index contributed by atoms with van der Waals surface area (Å²) < 4.78 is 4.73. The molecule has 0 amide bonds. The van der Waals surface area contributed by atoms with Crippen molar-refractivity contribution >= 4 is 5.97 Å². The highest BCUT2D eigenvalue weighted by atomic mass is 16.5. The Morgan fingerprint density at radius 1 is 1.67 bits per heavy atom. The zero-order valence-corrected chi connectivity index (χ0v) is 7.63. The van der Waals surface area contributed by atoms with Gasteiger partial charge in [0.15, 0.2) is 0 Å². The Labute approximate surface area is 72.7 Å². The van der Waals surface area contributed by atoms with Gasteiger partial charge >= 0.3 is 5.97 Å². The minimum absolute atomic E-state index is 0.132. The van der Waals surface area contributed by atoms with Gasteiger partial charge in [-0.1, -0.05) is 5.92 Å². The van der Waals surface area contributed by atoms with Crippen LogP contribution in [0.15, 0.2) is 0 Å². The van der Waals surface area contributed by atoms with E-state index in [0.717, 1.165) is 0 Å².